The van der Waals surface area contributed by atoms with Crippen LogP contribution in [0, 0.1) is 23.2 Å². The van der Waals surface area contributed by atoms with Crippen molar-refractivity contribution in [1.82, 2.24) is 4.98 Å². The van der Waals surface area contributed by atoms with Gasteiger partial charge in [-0.25, -0.2) is 13.8 Å². The quantitative estimate of drug-likeness (QED) is 0.773. The Hall–Kier alpha value is -3.05. The van der Waals surface area contributed by atoms with Crippen LogP contribution >= 0.6 is 0 Å². The third-order valence-corrected chi connectivity index (χ3v) is 5.41. The van der Waals surface area contributed by atoms with E-state index in [0.29, 0.717) is 30.3 Å². The maximum atomic E-state index is 12.7. The lowest BCUT2D eigenvalue weighted by atomic mass is 10.0. The van der Waals surface area contributed by atoms with Gasteiger partial charge in [-0.2, -0.15) is 5.26 Å². The van der Waals surface area contributed by atoms with Crippen LogP contribution in [0.2, 0.25) is 0 Å². The van der Waals surface area contributed by atoms with Gasteiger partial charge in [-0.15, -0.1) is 0 Å². The van der Waals surface area contributed by atoms with Crippen LogP contribution in [-0.4, -0.2) is 36.6 Å². The maximum Gasteiger partial charge on any atom is 0.242 e. The van der Waals surface area contributed by atoms with E-state index in [4.69, 9.17) is 9.47 Å². The fraction of sp³-hybridized carbons (Fsp3) is 0.409. The molecule has 0 unspecified atom stereocenters. The summed E-state index contributed by atoms with van der Waals surface area (Å²) in [5, 5.41) is 12.2. The van der Waals surface area contributed by atoms with E-state index in [-0.39, 0.29) is 12.5 Å². The topological polar surface area (TPSA) is 84.2 Å². The number of nitrogens with zero attached hydrogens (tertiary/aromatic N) is 2. The average molecular weight is 413 g/mol. The zero-order valence-electron chi connectivity index (χ0n) is 16.2. The van der Waals surface area contributed by atoms with Gasteiger partial charge in [0.25, 0.3) is 0 Å². The normalized spacial score (nSPS) is 21.1. The fourth-order valence-electron chi connectivity index (χ4n) is 3.57. The van der Waals surface area contributed by atoms with Crippen LogP contribution in [0.3, 0.4) is 0 Å². The maximum absolute atomic E-state index is 12.7. The first-order valence-electron chi connectivity index (χ1n) is 9.89. The smallest absolute Gasteiger partial charge is 0.242 e. The summed E-state index contributed by atoms with van der Waals surface area (Å²) in [4.78, 5) is 16.2. The van der Waals surface area contributed by atoms with Gasteiger partial charge in [0.2, 0.25) is 12.3 Å². The van der Waals surface area contributed by atoms with Gasteiger partial charge < -0.3 is 14.8 Å². The van der Waals surface area contributed by atoms with Gasteiger partial charge in [-0.05, 0) is 41.8 Å². The molecule has 0 spiro atoms. The molecule has 6 nitrogen and oxygen atoms in total. The van der Waals surface area contributed by atoms with Crippen molar-refractivity contribution < 1.29 is 23.0 Å². The third kappa shape index (κ3) is 4.57. The van der Waals surface area contributed by atoms with Gasteiger partial charge in [-0.3, -0.25) is 4.79 Å². The largest absolute Gasteiger partial charge is 0.489 e. The minimum atomic E-state index is -2.48. The number of hydrogen-bond acceptors (Lipinski definition) is 5. The number of nitriles is 1. The standard InChI is InChI=1S/C22H21F2N3O3/c23-21(24)17-11-18(17)22(28)27-20-10-14(3-6-26-20)13-1-2-19(15(9-13)12-25)30-16-4-7-29-8-5-16/h1-3,6,9-10,16-18,21H,4-5,7-8,11H2,(H,26,27,28)/t17-,18-/m0/s1. The van der Waals surface area contributed by atoms with E-state index in [0.717, 1.165) is 24.0 Å². The van der Waals surface area contributed by atoms with Crippen LogP contribution < -0.4 is 10.1 Å². The van der Waals surface area contributed by atoms with Crippen molar-refractivity contribution in [3.05, 3.63) is 42.1 Å². The van der Waals surface area contributed by atoms with E-state index in [2.05, 4.69) is 16.4 Å². The van der Waals surface area contributed by atoms with Crippen LogP contribution in [0.1, 0.15) is 24.8 Å². The molecule has 0 radical (unpaired) electrons. The Balaban J connectivity index is 1.48. The highest BCUT2D eigenvalue weighted by atomic mass is 19.3. The molecule has 30 heavy (non-hydrogen) atoms. The highest BCUT2D eigenvalue weighted by Crippen LogP contribution is 2.43. The summed E-state index contributed by atoms with van der Waals surface area (Å²) in [6, 6.07) is 10.9. The summed E-state index contributed by atoms with van der Waals surface area (Å²) in [5.41, 5.74) is 1.93. The second-order valence-electron chi connectivity index (χ2n) is 7.51. The van der Waals surface area contributed by atoms with Gasteiger partial charge in [0.1, 0.15) is 23.7 Å². The number of halogens is 2. The molecule has 2 aromatic rings. The number of carbonyl (C=O) groups excluding carboxylic acids is 1. The van der Waals surface area contributed by atoms with E-state index in [1.807, 2.05) is 6.07 Å². The minimum absolute atomic E-state index is 0.0268. The van der Waals surface area contributed by atoms with Crippen molar-refractivity contribution in [2.24, 2.45) is 11.8 Å². The monoisotopic (exact) mass is 413 g/mol. The Morgan fingerprint density at radius 1 is 1.23 bits per heavy atom. The molecule has 1 aliphatic carbocycles. The Morgan fingerprint density at radius 2 is 2.00 bits per heavy atom. The minimum Gasteiger partial charge on any atom is -0.489 e. The number of nitrogens with one attached hydrogen (secondary N) is 1. The molecule has 8 heteroatoms. The zero-order valence-corrected chi connectivity index (χ0v) is 16.2. The molecule has 1 saturated carbocycles. The van der Waals surface area contributed by atoms with Crippen molar-refractivity contribution in [2.45, 2.75) is 31.8 Å². The van der Waals surface area contributed by atoms with Crippen molar-refractivity contribution >= 4 is 11.7 Å². The summed E-state index contributed by atoms with van der Waals surface area (Å²) < 4.78 is 36.6. The lowest BCUT2D eigenvalue weighted by Gasteiger charge is -2.23. The molecule has 2 fully saturated rings. The number of anilines is 1. The first-order valence-corrected chi connectivity index (χ1v) is 9.89. The van der Waals surface area contributed by atoms with Gasteiger partial charge in [0, 0.05) is 30.9 Å². The zero-order chi connectivity index (χ0) is 21.1. The van der Waals surface area contributed by atoms with E-state index in [1.54, 1.807) is 24.3 Å². The van der Waals surface area contributed by atoms with Gasteiger partial charge in [-0.1, -0.05) is 6.07 Å². The molecule has 1 aromatic carbocycles. The van der Waals surface area contributed by atoms with Gasteiger partial charge in [0.05, 0.1) is 18.8 Å². The second-order valence-corrected chi connectivity index (χ2v) is 7.51. The van der Waals surface area contributed by atoms with E-state index in [1.165, 1.54) is 6.20 Å². The van der Waals surface area contributed by atoms with Crippen LogP contribution in [0.15, 0.2) is 36.5 Å². The summed E-state index contributed by atoms with van der Waals surface area (Å²) in [6.07, 6.45) is 0.843. The van der Waals surface area contributed by atoms with E-state index in [9.17, 15) is 18.8 Å². The van der Waals surface area contributed by atoms with Crippen molar-refractivity contribution in [2.75, 3.05) is 18.5 Å². The Morgan fingerprint density at radius 3 is 2.70 bits per heavy atom. The summed E-state index contributed by atoms with van der Waals surface area (Å²) in [5.74, 6) is -1.15. The summed E-state index contributed by atoms with van der Waals surface area (Å²) in [7, 11) is 0. The number of rotatable bonds is 6. The highest BCUT2D eigenvalue weighted by Gasteiger charge is 2.48. The molecule has 1 N–H and O–H groups in total. The summed E-state index contributed by atoms with van der Waals surface area (Å²) >= 11 is 0. The van der Waals surface area contributed by atoms with E-state index >= 15 is 0 Å². The number of ether oxygens (including phenoxy) is 2. The lowest BCUT2D eigenvalue weighted by molar-refractivity contribution is -0.118. The number of pyridine rings is 1. The SMILES string of the molecule is N#Cc1cc(-c2ccnc(NC(=O)[C@H]3C[C@@H]3C(F)F)c2)ccc1OC1CCOCC1. The van der Waals surface area contributed by atoms with Crippen LogP contribution in [-0.2, 0) is 9.53 Å². The molecule has 0 bridgehead atoms. The Bertz CT molecular complexity index is 970. The molecule has 4 rings (SSSR count). The predicted octanol–water partition coefficient (Wildman–Crippen LogP) is 4.02. The van der Waals surface area contributed by atoms with E-state index < -0.39 is 24.2 Å². The molecule has 1 amide bonds. The second kappa shape index (κ2) is 8.76. The fourth-order valence-corrected chi connectivity index (χ4v) is 3.57. The molecule has 2 heterocycles. The van der Waals surface area contributed by atoms with Gasteiger partial charge >= 0.3 is 0 Å². The number of alkyl halides is 2. The molecule has 156 valence electrons. The predicted molar refractivity (Wildman–Crippen MR) is 105 cm³/mol. The molecular weight excluding hydrogens is 392 g/mol. The lowest BCUT2D eigenvalue weighted by Crippen LogP contribution is -2.26. The molecule has 2 aliphatic rings. The molecular formula is C22H21F2N3O3. The molecule has 1 saturated heterocycles. The average Bonchev–Trinajstić information content (AvgIpc) is 3.56. The van der Waals surface area contributed by atoms with Crippen molar-refractivity contribution in [1.29, 1.82) is 5.26 Å². The molecule has 1 aliphatic heterocycles. The number of hydrogen-bond donors (Lipinski definition) is 1. The van der Waals surface area contributed by atoms with Gasteiger partial charge in [0.15, 0.2) is 0 Å². The Kier molecular flexibility index (Phi) is 5.91. The first-order chi connectivity index (χ1) is 14.5. The van der Waals surface area contributed by atoms with Crippen LogP contribution in [0.4, 0.5) is 14.6 Å². The first kappa shape index (κ1) is 20.2. The number of carbonyl (C=O) groups is 1. The van der Waals surface area contributed by atoms with Crippen LogP contribution in [0.25, 0.3) is 11.1 Å². The molecule has 1 aromatic heterocycles. The molecule has 2 atom stereocenters. The highest BCUT2D eigenvalue weighted by molar-refractivity contribution is 5.94. The van der Waals surface area contributed by atoms with Crippen molar-refractivity contribution in [3.63, 3.8) is 0 Å². The Labute approximate surface area is 172 Å². The third-order valence-electron chi connectivity index (χ3n) is 5.41. The number of benzene rings is 1. The number of aromatic nitrogens is 1. The van der Waals surface area contributed by atoms with Crippen LogP contribution in [0.5, 0.6) is 5.75 Å². The summed E-state index contributed by atoms with van der Waals surface area (Å²) in [6.45, 7) is 1.30. The number of amides is 1. The van der Waals surface area contributed by atoms with Crippen molar-refractivity contribution in [3.8, 4) is 22.9 Å².